The molecule has 2 N–H and O–H groups in total. The number of aromatic amines is 1. The molecule has 0 saturated carbocycles. The van der Waals surface area contributed by atoms with Gasteiger partial charge in [-0.25, -0.2) is 0 Å². The molecule has 0 fully saturated rings. The third kappa shape index (κ3) is 4.34. The molecule has 1 aliphatic rings. The molecule has 3 heteroatoms. The molecule has 1 heterocycles. The van der Waals surface area contributed by atoms with E-state index in [1.807, 2.05) is 37.3 Å². The molecule has 4 rings (SSSR count). The molecule has 0 aliphatic heterocycles. The van der Waals surface area contributed by atoms with Gasteiger partial charge in [0, 0.05) is 23.5 Å². The summed E-state index contributed by atoms with van der Waals surface area (Å²) in [4.78, 5) is 14.3. The Morgan fingerprint density at radius 1 is 1.08 bits per heavy atom. The number of nitrogens with one attached hydrogen (secondary N) is 2. The summed E-state index contributed by atoms with van der Waals surface area (Å²) < 4.78 is 0. The number of fused-ring (bicyclic) bond motifs is 3. The van der Waals surface area contributed by atoms with Crippen molar-refractivity contribution in [3.63, 3.8) is 0 Å². The first-order chi connectivity index (χ1) is 12.5. The topological polar surface area (TPSA) is 44.9 Å². The number of aromatic nitrogens is 1. The van der Waals surface area contributed by atoms with Gasteiger partial charge in [-0.1, -0.05) is 42.0 Å². The number of aryl methyl sites for hydroxylation is 3. The lowest BCUT2D eigenvalue weighted by Gasteiger charge is -2.11. The standard InChI is InChI=1S/C13H15N.C10H13NO/c1-9-6-7-13-11(8-9)10-4-2-3-5-12(10)14-13;1-8(11-9(2)12)10-6-4-3-5-7-10/h6-8,14H,2-5H2,1H3;3-8H,1-2H3,(H,11,12). The molecule has 1 atom stereocenters. The van der Waals surface area contributed by atoms with E-state index < -0.39 is 0 Å². The van der Waals surface area contributed by atoms with Crippen molar-refractivity contribution >= 4 is 16.8 Å². The van der Waals surface area contributed by atoms with Gasteiger partial charge in [0.05, 0.1) is 6.04 Å². The number of benzene rings is 2. The Balaban J connectivity index is 0.000000153. The fraction of sp³-hybridized carbons (Fsp3) is 0.348. The van der Waals surface area contributed by atoms with Gasteiger partial charge in [0.25, 0.3) is 0 Å². The van der Waals surface area contributed by atoms with Crippen LogP contribution in [0.4, 0.5) is 0 Å². The Morgan fingerprint density at radius 3 is 2.54 bits per heavy atom. The van der Waals surface area contributed by atoms with Gasteiger partial charge in [-0.3, -0.25) is 4.79 Å². The predicted molar refractivity (Wildman–Crippen MR) is 108 cm³/mol. The van der Waals surface area contributed by atoms with E-state index in [0.717, 1.165) is 5.56 Å². The Labute approximate surface area is 155 Å². The maximum Gasteiger partial charge on any atom is 0.217 e. The van der Waals surface area contributed by atoms with E-state index in [9.17, 15) is 4.79 Å². The first-order valence-electron chi connectivity index (χ1n) is 9.46. The highest BCUT2D eigenvalue weighted by Gasteiger charge is 2.14. The zero-order valence-corrected chi connectivity index (χ0v) is 15.9. The van der Waals surface area contributed by atoms with E-state index in [4.69, 9.17) is 0 Å². The van der Waals surface area contributed by atoms with Crippen molar-refractivity contribution in [3.05, 3.63) is 70.9 Å². The second-order valence-corrected chi connectivity index (χ2v) is 7.17. The maximum atomic E-state index is 10.7. The average Bonchev–Trinajstić information content (AvgIpc) is 3.00. The van der Waals surface area contributed by atoms with Gasteiger partial charge in [0.1, 0.15) is 0 Å². The van der Waals surface area contributed by atoms with Gasteiger partial charge >= 0.3 is 0 Å². The molecule has 26 heavy (non-hydrogen) atoms. The number of carbonyl (C=O) groups is 1. The first-order valence-corrected chi connectivity index (χ1v) is 9.46. The minimum absolute atomic E-state index is 0.00588. The van der Waals surface area contributed by atoms with Crippen LogP contribution in [-0.2, 0) is 17.6 Å². The number of hydrogen-bond donors (Lipinski definition) is 2. The van der Waals surface area contributed by atoms with E-state index in [0.29, 0.717) is 0 Å². The van der Waals surface area contributed by atoms with Crippen molar-refractivity contribution in [3.8, 4) is 0 Å². The van der Waals surface area contributed by atoms with Gasteiger partial charge in [0.15, 0.2) is 0 Å². The minimum Gasteiger partial charge on any atom is -0.358 e. The van der Waals surface area contributed by atoms with Crippen molar-refractivity contribution in [1.82, 2.24) is 10.3 Å². The Hall–Kier alpha value is -2.55. The zero-order chi connectivity index (χ0) is 18.5. The van der Waals surface area contributed by atoms with Crippen molar-refractivity contribution in [2.75, 3.05) is 0 Å². The SMILES string of the molecule is CC(=O)NC(C)c1ccccc1.Cc1ccc2[nH]c3c(c2c1)CCCC3. The molecule has 3 aromatic rings. The van der Waals surface area contributed by atoms with Gasteiger partial charge < -0.3 is 10.3 Å². The Morgan fingerprint density at radius 2 is 1.81 bits per heavy atom. The smallest absolute Gasteiger partial charge is 0.217 e. The summed E-state index contributed by atoms with van der Waals surface area (Å²) in [5.74, 6) is 0.00588. The predicted octanol–water partition coefficient (Wildman–Crippen LogP) is 5.24. The molecule has 0 radical (unpaired) electrons. The summed E-state index contributed by atoms with van der Waals surface area (Å²) in [5, 5.41) is 4.28. The fourth-order valence-electron chi connectivity index (χ4n) is 3.65. The third-order valence-corrected chi connectivity index (χ3v) is 4.97. The number of amides is 1. The van der Waals surface area contributed by atoms with Crippen molar-refractivity contribution in [1.29, 1.82) is 0 Å². The van der Waals surface area contributed by atoms with Gasteiger partial charge in [-0.05, 0) is 62.8 Å². The molecule has 2 aromatic carbocycles. The maximum absolute atomic E-state index is 10.7. The highest BCUT2D eigenvalue weighted by atomic mass is 16.1. The average molecular weight is 348 g/mol. The van der Waals surface area contributed by atoms with Crippen molar-refractivity contribution in [2.24, 2.45) is 0 Å². The quantitative estimate of drug-likeness (QED) is 0.653. The fourth-order valence-corrected chi connectivity index (χ4v) is 3.65. The van der Waals surface area contributed by atoms with Gasteiger partial charge in [-0.2, -0.15) is 0 Å². The largest absolute Gasteiger partial charge is 0.358 e. The normalized spacial score (nSPS) is 14.1. The first kappa shape index (κ1) is 18.2. The lowest BCUT2D eigenvalue weighted by Crippen LogP contribution is -2.23. The Kier molecular flexibility index (Phi) is 5.77. The van der Waals surface area contributed by atoms with Crippen LogP contribution >= 0.6 is 0 Å². The van der Waals surface area contributed by atoms with Crippen LogP contribution in [0.1, 0.15) is 55.1 Å². The monoisotopic (exact) mass is 348 g/mol. The minimum atomic E-state index is 0.00588. The molecule has 1 aromatic heterocycles. The molecule has 136 valence electrons. The number of rotatable bonds is 2. The molecular weight excluding hydrogens is 320 g/mol. The lowest BCUT2D eigenvalue weighted by atomic mass is 9.95. The lowest BCUT2D eigenvalue weighted by molar-refractivity contribution is -0.119. The van der Waals surface area contributed by atoms with Crippen LogP contribution < -0.4 is 5.32 Å². The van der Waals surface area contributed by atoms with E-state index in [-0.39, 0.29) is 11.9 Å². The molecule has 0 saturated heterocycles. The van der Waals surface area contributed by atoms with Gasteiger partial charge in [0.2, 0.25) is 5.91 Å². The summed E-state index contributed by atoms with van der Waals surface area (Å²) in [5.41, 5.74) is 6.88. The van der Waals surface area contributed by atoms with Crippen LogP contribution in [0.15, 0.2) is 48.5 Å². The second kappa shape index (κ2) is 8.22. The zero-order valence-electron chi connectivity index (χ0n) is 15.9. The summed E-state index contributed by atoms with van der Waals surface area (Å²) >= 11 is 0. The molecule has 1 unspecified atom stereocenters. The van der Waals surface area contributed by atoms with Crippen LogP contribution in [0, 0.1) is 6.92 Å². The van der Waals surface area contributed by atoms with Crippen LogP contribution in [0.5, 0.6) is 0 Å². The summed E-state index contributed by atoms with van der Waals surface area (Å²) in [6, 6.07) is 16.7. The Bertz CT molecular complexity index is 880. The van der Waals surface area contributed by atoms with E-state index in [1.54, 1.807) is 5.56 Å². The van der Waals surface area contributed by atoms with E-state index >= 15 is 0 Å². The highest BCUT2D eigenvalue weighted by molar-refractivity contribution is 5.85. The molecule has 3 nitrogen and oxygen atoms in total. The molecule has 1 amide bonds. The van der Waals surface area contributed by atoms with Crippen LogP contribution in [-0.4, -0.2) is 10.9 Å². The summed E-state index contributed by atoms with van der Waals surface area (Å²) in [7, 11) is 0. The summed E-state index contributed by atoms with van der Waals surface area (Å²) in [6.07, 6.45) is 5.20. The van der Waals surface area contributed by atoms with Crippen LogP contribution in [0.3, 0.4) is 0 Å². The second-order valence-electron chi connectivity index (χ2n) is 7.17. The molecule has 1 aliphatic carbocycles. The molecule has 0 spiro atoms. The molecular formula is C23H28N2O. The van der Waals surface area contributed by atoms with Crippen LogP contribution in [0.2, 0.25) is 0 Å². The summed E-state index contributed by atoms with van der Waals surface area (Å²) in [6.45, 7) is 5.66. The third-order valence-electron chi connectivity index (χ3n) is 4.97. The van der Waals surface area contributed by atoms with E-state index in [1.165, 1.54) is 54.8 Å². The number of carbonyl (C=O) groups excluding carboxylic acids is 1. The van der Waals surface area contributed by atoms with Gasteiger partial charge in [-0.15, -0.1) is 0 Å². The van der Waals surface area contributed by atoms with Crippen LogP contribution in [0.25, 0.3) is 10.9 Å². The molecule has 0 bridgehead atoms. The highest BCUT2D eigenvalue weighted by Crippen LogP contribution is 2.29. The van der Waals surface area contributed by atoms with E-state index in [2.05, 4.69) is 35.4 Å². The van der Waals surface area contributed by atoms with Crippen molar-refractivity contribution < 1.29 is 4.79 Å². The van der Waals surface area contributed by atoms with Crippen molar-refractivity contribution in [2.45, 2.75) is 52.5 Å². The number of H-pyrrole nitrogens is 1. The number of hydrogen-bond acceptors (Lipinski definition) is 1.